The van der Waals surface area contributed by atoms with Gasteiger partial charge in [0.25, 0.3) is 0 Å². The Hall–Kier alpha value is -0.850. The molecule has 0 spiro atoms. The third-order valence-corrected chi connectivity index (χ3v) is 9.85. The number of carbonyl (C=O) groups is 1. The van der Waals surface area contributed by atoms with Crippen molar-refractivity contribution in [3.63, 3.8) is 0 Å². The van der Waals surface area contributed by atoms with Gasteiger partial charge in [0.15, 0.2) is 5.78 Å². The lowest BCUT2D eigenvalue weighted by Gasteiger charge is -2.57. The molecule has 4 aliphatic carbocycles. The molecule has 0 bridgehead atoms. The Morgan fingerprint density at radius 3 is 2.57 bits per heavy atom. The van der Waals surface area contributed by atoms with E-state index in [1.807, 2.05) is 12.2 Å². The van der Waals surface area contributed by atoms with Crippen molar-refractivity contribution in [3.05, 3.63) is 23.8 Å². The number of ketones is 1. The molecule has 3 fully saturated rings. The Balaban J connectivity index is 1.51. The van der Waals surface area contributed by atoms with Crippen molar-refractivity contribution in [2.45, 2.75) is 92.4 Å². The zero-order chi connectivity index (χ0) is 20.1. The van der Waals surface area contributed by atoms with E-state index in [9.17, 15) is 4.79 Å². The summed E-state index contributed by atoms with van der Waals surface area (Å²) in [6.07, 6.45) is 18.2. The van der Waals surface area contributed by atoms with Crippen molar-refractivity contribution in [2.75, 3.05) is 0 Å². The lowest BCUT2D eigenvalue weighted by molar-refractivity contribution is -0.131. The van der Waals surface area contributed by atoms with Crippen molar-refractivity contribution in [2.24, 2.45) is 46.3 Å². The van der Waals surface area contributed by atoms with E-state index in [4.69, 9.17) is 0 Å². The van der Waals surface area contributed by atoms with E-state index in [1.54, 1.807) is 0 Å². The van der Waals surface area contributed by atoms with Crippen LogP contribution in [-0.2, 0) is 4.79 Å². The molecule has 0 radical (unpaired) electrons. The topological polar surface area (TPSA) is 17.1 Å². The molecule has 1 heteroatoms. The second kappa shape index (κ2) is 7.44. The van der Waals surface area contributed by atoms with Crippen LogP contribution in [0, 0.1) is 46.3 Å². The van der Waals surface area contributed by atoms with Gasteiger partial charge in [-0.3, -0.25) is 4.79 Å². The van der Waals surface area contributed by atoms with Crippen molar-refractivity contribution >= 4 is 5.78 Å². The first kappa shape index (κ1) is 20.4. The average molecular weight is 383 g/mol. The van der Waals surface area contributed by atoms with Crippen LogP contribution in [0.1, 0.15) is 92.4 Å². The predicted octanol–water partition coefficient (Wildman–Crippen LogP) is 7.37. The molecule has 0 aromatic carbocycles. The number of hydrogen-bond acceptors (Lipinski definition) is 1. The molecule has 0 saturated heterocycles. The quantitative estimate of drug-likeness (QED) is 0.485. The van der Waals surface area contributed by atoms with Gasteiger partial charge in [-0.25, -0.2) is 0 Å². The number of rotatable bonds is 5. The van der Waals surface area contributed by atoms with E-state index in [0.29, 0.717) is 17.1 Å². The molecule has 4 rings (SSSR count). The van der Waals surface area contributed by atoms with Gasteiger partial charge in [-0.1, -0.05) is 64.7 Å². The monoisotopic (exact) mass is 382 g/mol. The van der Waals surface area contributed by atoms with Gasteiger partial charge in [0, 0.05) is 0 Å². The minimum absolute atomic E-state index is 0.194. The van der Waals surface area contributed by atoms with Gasteiger partial charge in [0.05, 0.1) is 5.41 Å². The van der Waals surface area contributed by atoms with Crippen LogP contribution in [-0.4, -0.2) is 5.78 Å². The molecule has 0 heterocycles. The number of fused-ring (bicyclic) bond motifs is 5. The summed E-state index contributed by atoms with van der Waals surface area (Å²) >= 11 is 0. The van der Waals surface area contributed by atoms with E-state index in [2.05, 4.69) is 40.7 Å². The Labute approximate surface area is 173 Å². The lowest BCUT2D eigenvalue weighted by atomic mass is 9.46. The highest BCUT2D eigenvalue weighted by molar-refractivity contribution is 5.99. The molecule has 1 nitrogen and oxygen atoms in total. The molecule has 0 aromatic heterocycles. The smallest absolute Gasteiger partial charge is 0.165 e. The summed E-state index contributed by atoms with van der Waals surface area (Å²) in [5.41, 5.74) is 1.75. The molecule has 3 saturated carbocycles. The number of allylic oxidation sites excluding steroid dienone is 4. The first-order chi connectivity index (χ1) is 13.3. The zero-order valence-corrected chi connectivity index (χ0v) is 19.0. The zero-order valence-electron chi connectivity index (χ0n) is 19.0. The van der Waals surface area contributed by atoms with Crippen LogP contribution in [0.2, 0.25) is 0 Å². The van der Waals surface area contributed by atoms with Crippen molar-refractivity contribution < 1.29 is 4.79 Å². The van der Waals surface area contributed by atoms with Crippen molar-refractivity contribution in [1.29, 1.82) is 0 Å². The standard InChI is InChI=1S/C27H42O/c1-18(2)8-6-9-19(3)22-14-15-23-21-13-12-20-10-7-11-25(28)27(20,5)24(21)16-17-26(22,23)4/h7,10-11,18-19,21-24H,6,8-9,12-17H2,1-5H3. The Morgan fingerprint density at radius 2 is 1.82 bits per heavy atom. The van der Waals surface area contributed by atoms with Crippen LogP contribution in [0.25, 0.3) is 0 Å². The molecule has 28 heavy (non-hydrogen) atoms. The molecule has 0 aromatic rings. The molecule has 0 amide bonds. The summed E-state index contributed by atoms with van der Waals surface area (Å²) < 4.78 is 0. The van der Waals surface area contributed by atoms with Gasteiger partial charge in [0.2, 0.25) is 0 Å². The minimum Gasteiger partial charge on any atom is -0.294 e. The summed E-state index contributed by atoms with van der Waals surface area (Å²) in [5, 5.41) is 0. The molecule has 156 valence electrons. The fourth-order valence-corrected chi connectivity index (χ4v) is 8.27. The number of carbonyl (C=O) groups excluding carboxylic acids is 1. The van der Waals surface area contributed by atoms with E-state index in [0.717, 1.165) is 36.0 Å². The normalized spacial score (nSPS) is 43.4. The van der Waals surface area contributed by atoms with E-state index in [1.165, 1.54) is 56.9 Å². The largest absolute Gasteiger partial charge is 0.294 e. The minimum atomic E-state index is -0.194. The van der Waals surface area contributed by atoms with Gasteiger partial charge in [-0.05, 0) is 92.4 Å². The first-order valence-corrected chi connectivity index (χ1v) is 12.2. The SMILES string of the molecule is CC(C)CCCC(C)C1CCC2C3CCC4=CC=CC(=O)C4(C)C3CCC12C. The Bertz CT molecular complexity index is 670. The van der Waals surface area contributed by atoms with Crippen LogP contribution < -0.4 is 0 Å². The summed E-state index contributed by atoms with van der Waals surface area (Å²) in [6.45, 7) is 12.2. The summed E-state index contributed by atoms with van der Waals surface area (Å²) in [5.74, 6) is 5.18. The summed E-state index contributed by atoms with van der Waals surface area (Å²) in [6, 6.07) is 0. The second-order valence-corrected chi connectivity index (χ2v) is 11.6. The fraction of sp³-hybridized carbons (Fsp3) is 0.815. The Kier molecular flexibility index (Phi) is 5.43. The van der Waals surface area contributed by atoms with Crippen LogP contribution in [0.4, 0.5) is 0 Å². The molecule has 7 unspecified atom stereocenters. The summed E-state index contributed by atoms with van der Waals surface area (Å²) in [7, 11) is 0. The third kappa shape index (κ3) is 3.07. The maximum atomic E-state index is 13.0. The molecular formula is C27H42O. The first-order valence-electron chi connectivity index (χ1n) is 12.2. The number of hydrogen-bond donors (Lipinski definition) is 0. The highest BCUT2D eigenvalue weighted by Gasteiger charge is 2.60. The molecule has 0 aliphatic heterocycles. The van der Waals surface area contributed by atoms with E-state index in [-0.39, 0.29) is 5.41 Å². The maximum absolute atomic E-state index is 13.0. The van der Waals surface area contributed by atoms with Gasteiger partial charge in [-0.15, -0.1) is 0 Å². The predicted molar refractivity (Wildman–Crippen MR) is 118 cm³/mol. The average Bonchev–Trinajstić information content (AvgIpc) is 3.00. The second-order valence-electron chi connectivity index (χ2n) is 11.6. The fourth-order valence-electron chi connectivity index (χ4n) is 8.27. The van der Waals surface area contributed by atoms with Gasteiger partial charge >= 0.3 is 0 Å². The van der Waals surface area contributed by atoms with Crippen molar-refractivity contribution in [3.8, 4) is 0 Å². The molecule has 7 atom stereocenters. The van der Waals surface area contributed by atoms with Gasteiger partial charge in [-0.2, -0.15) is 0 Å². The van der Waals surface area contributed by atoms with Crippen LogP contribution in [0.5, 0.6) is 0 Å². The van der Waals surface area contributed by atoms with Gasteiger partial charge in [0.1, 0.15) is 0 Å². The van der Waals surface area contributed by atoms with Crippen LogP contribution >= 0.6 is 0 Å². The Morgan fingerprint density at radius 1 is 1.04 bits per heavy atom. The molecule has 4 aliphatic rings. The maximum Gasteiger partial charge on any atom is 0.165 e. The summed E-state index contributed by atoms with van der Waals surface area (Å²) in [4.78, 5) is 13.0. The van der Waals surface area contributed by atoms with E-state index < -0.39 is 0 Å². The van der Waals surface area contributed by atoms with Gasteiger partial charge < -0.3 is 0 Å². The highest BCUT2D eigenvalue weighted by Crippen LogP contribution is 2.67. The van der Waals surface area contributed by atoms with Crippen LogP contribution in [0.15, 0.2) is 23.8 Å². The molecular weight excluding hydrogens is 340 g/mol. The molecule has 0 N–H and O–H groups in total. The van der Waals surface area contributed by atoms with E-state index >= 15 is 0 Å². The van der Waals surface area contributed by atoms with Crippen molar-refractivity contribution in [1.82, 2.24) is 0 Å². The highest BCUT2D eigenvalue weighted by atomic mass is 16.1. The third-order valence-electron chi connectivity index (χ3n) is 9.85. The lowest BCUT2D eigenvalue weighted by Crippen LogP contribution is -2.52. The van der Waals surface area contributed by atoms with Crippen LogP contribution in [0.3, 0.4) is 0 Å².